The molecule has 0 radical (unpaired) electrons. The lowest BCUT2D eigenvalue weighted by Gasteiger charge is -2.29. The van der Waals surface area contributed by atoms with Gasteiger partial charge in [-0.1, -0.05) is 0 Å². The molecule has 8 heteroatoms. The average Bonchev–Trinajstić information content (AvgIpc) is 3.06. The van der Waals surface area contributed by atoms with Gasteiger partial charge in [0.05, 0.1) is 24.5 Å². The zero-order valence-electron chi connectivity index (χ0n) is 15.2. The highest BCUT2D eigenvalue weighted by atomic mass is 32.1. The van der Waals surface area contributed by atoms with Gasteiger partial charge in [-0.05, 0) is 32.5 Å². The highest BCUT2D eigenvalue weighted by Crippen LogP contribution is 2.30. The highest BCUT2D eigenvalue weighted by molar-refractivity contribution is 7.13. The second-order valence-electron chi connectivity index (χ2n) is 6.09. The van der Waals surface area contributed by atoms with Crippen LogP contribution < -0.4 is 10.2 Å². The first-order valence-corrected chi connectivity index (χ1v) is 9.40. The van der Waals surface area contributed by atoms with Crippen molar-refractivity contribution in [1.82, 2.24) is 15.3 Å². The minimum absolute atomic E-state index is 0.343. The van der Waals surface area contributed by atoms with Gasteiger partial charge in [-0.25, -0.2) is 14.8 Å². The topological polar surface area (TPSA) is 84.4 Å². The van der Waals surface area contributed by atoms with Crippen molar-refractivity contribution < 1.29 is 14.3 Å². The molecule has 0 spiro atoms. The van der Waals surface area contributed by atoms with Gasteiger partial charge < -0.3 is 15.0 Å². The maximum Gasteiger partial charge on any atom is 0.367 e. The summed E-state index contributed by atoms with van der Waals surface area (Å²) in [5, 5.41) is 3.47. The van der Waals surface area contributed by atoms with Gasteiger partial charge in [-0.15, -0.1) is 11.3 Å². The summed E-state index contributed by atoms with van der Waals surface area (Å²) in [7, 11) is 1.83. The Bertz CT molecular complexity index is 834. The van der Waals surface area contributed by atoms with E-state index in [2.05, 4.69) is 15.2 Å². The van der Waals surface area contributed by atoms with Crippen molar-refractivity contribution in [2.24, 2.45) is 0 Å². The van der Waals surface area contributed by atoms with Gasteiger partial charge in [0.15, 0.2) is 6.29 Å². The number of esters is 1. The first-order chi connectivity index (χ1) is 12.6. The summed E-state index contributed by atoms with van der Waals surface area (Å²) in [6.45, 7) is 6.05. The number of pyridine rings is 1. The number of aryl methyl sites for hydroxylation is 1. The van der Waals surface area contributed by atoms with Crippen LogP contribution in [0.3, 0.4) is 0 Å². The van der Waals surface area contributed by atoms with E-state index in [1.165, 1.54) is 11.3 Å². The molecule has 2 aromatic rings. The van der Waals surface area contributed by atoms with Crippen LogP contribution in [0, 0.1) is 6.92 Å². The Kier molecular flexibility index (Phi) is 5.63. The van der Waals surface area contributed by atoms with E-state index < -0.39 is 0 Å². The van der Waals surface area contributed by atoms with E-state index in [1.54, 1.807) is 6.92 Å². The summed E-state index contributed by atoms with van der Waals surface area (Å²) in [4.78, 5) is 35.6. The van der Waals surface area contributed by atoms with Crippen molar-refractivity contribution >= 4 is 29.4 Å². The van der Waals surface area contributed by atoms with Crippen molar-refractivity contribution in [2.75, 3.05) is 25.1 Å². The second kappa shape index (κ2) is 7.92. The van der Waals surface area contributed by atoms with Crippen LogP contribution in [0.5, 0.6) is 0 Å². The lowest BCUT2D eigenvalue weighted by atomic mass is 10.1. The molecule has 0 fully saturated rings. The molecule has 0 saturated carbocycles. The Balaban J connectivity index is 1.87. The molecule has 0 aromatic carbocycles. The molecule has 0 aliphatic carbocycles. The molecule has 138 valence electrons. The van der Waals surface area contributed by atoms with Gasteiger partial charge in [-0.2, -0.15) is 0 Å². The van der Waals surface area contributed by atoms with E-state index in [0.29, 0.717) is 30.3 Å². The fraction of sp³-hybridized carbons (Fsp3) is 0.444. The Morgan fingerprint density at radius 2 is 2.27 bits per heavy atom. The fourth-order valence-electron chi connectivity index (χ4n) is 3.05. The van der Waals surface area contributed by atoms with Crippen molar-refractivity contribution in [2.45, 2.75) is 33.4 Å². The number of hydrogen-bond acceptors (Lipinski definition) is 8. The molecule has 1 N–H and O–H groups in total. The number of hydrogen-bond donors (Lipinski definition) is 1. The number of nitrogens with one attached hydrogen (secondary N) is 1. The molecule has 0 atom stereocenters. The monoisotopic (exact) mass is 374 g/mol. The summed E-state index contributed by atoms with van der Waals surface area (Å²) >= 11 is 1.39. The summed E-state index contributed by atoms with van der Waals surface area (Å²) in [5.41, 5.74) is 3.28. The second-order valence-corrected chi connectivity index (χ2v) is 7.18. The Morgan fingerprint density at radius 3 is 2.96 bits per heavy atom. The van der Waals surface area contributed by atoms with Crippen molar-refractivity contribution in [3.63, 3.8) is 0 Å². The van der Waals surface area contributed by atoms with Gasteiger partial charge in [0.2, 0.25) is 5.01 Å². The van der Waals surface area contributed by atoms with Crippen LogP contribution in [0.25, 0.3) is 0 Å². The molecular weight excluding hydrogens is 352 g/mol. The van der Waals surface area contributed by atoms with E-state index in [0.717, 1.165) is 46.9 Å². The first kappa shape index (κ1) is 18.5. The average molecular weight is 374 g/mol. The summed E-state index contributed by atoms with van der Waals surface area (Å²) in [6.07, 6.45) is 1.60. The van der Waals surface area contributed by atoms with E-state index in [9.17, 15) is 9.59 Å². The Hall–Kier alpha value is -2.32. The van der Waals surface area contributed by atoms with E-state index in [4.69, 9.17) is 9.72 Å². The molecule has 1 aliphatic heterocycles. The van der Waals surface area contributed by atoms with Crippen LogP contribution in [-0.2, 0) is 24.2 Å². The number of aldehydes is 1. The highest BCUT2D eigenvalue weighted by Gasteiger charge is 2.25. The third-order valence-corrected chi connectivity index (χ3v) is 5.31. The van der Waals surface area contributed by atoms with Gasteiger partial charge in [-0.3, -0.25) is 4.79 Å². The number of thiazole rings is 1. The number of carbonyl (C=O) groups is 2. The number of nitrogens with zero attached hydrogens (tertiary/aromatic N) is 3. The van der Waals surface area contributed by atoms with E-state index in [1.807, 2.05) is 20.0 Å². The van der Waals surface area contributed by atoms with Gasteiger partial charge in [0, 0.05) is 30.0 Å². The van der Waals surface area contributed by atoms with Crippen LogP contribution in [0.1, 0.15) is 48.9 Å². The molecule has 0 bridgehead atoms. The van der Waals surface area contributed by atoms with Crippen LogP contribution in [-0.4, -0.2) is 42.4 Å². The predicted octanol–water partition coefficient (Wildman–Crippen LogP) is 2.12. The molecule has 0 unspecified atom stereocenters. The summed E-state index contributed by atoms with van der Waals surface area (Å²) in [6, 6.07) is 1.88. The first-order valence-electron chi connectivity index (χ1n) is 8.58. The summed E-state index contributed by atoms with van der Waals surface area (Å²) in [5.74, 6) is 0.511. The minimum atomic E-state index is -0.362. The lowest BCUT2D eigenvalue weighted by Crippen LogP contribution is -2.31. The van der Waals surface area contributed by atoms with E-state index in [-0.39, 0.29) is 5.97 Å². The Labute approximate surface area is 156 Å². The maximum absolute atomic E-state index is 11.9. The maximum atomic E-state index is 11.9. The number of ether oxygens (including phenoxy) is 1. The van der Waals surface area contributed by atoms with Gasteiger partial charge in [0.25, 0.3) is 0 Å². The Morgan fingerprint density at radius 1 is 1.46 bits per heavy atom. The minimum Gasteiger partial charge on any atom is -0.461 e. The number of carbonyl (C=O) groups excluding carboxylic acids is 2. The molecular formula is C18H22N4O3S. The zero-order chi connectivity index (χ0) is 18.7. The quantitative estimate of drug-likeness (QED) is 0.612. The zero-order valence-corrected chi connectivity index (χ0v) is 16.0. The van der Waals surface area contributed by atoms with Crippen molar-refractivity contribution in [3.05, 3.63) is 38.5 Å². The number of aromatic nitrogens is 2. The largest absolute Gasteiger partial charge is 0.461 e. The molecule has 3 rings (SSSR count). The van der Waals surface area contributed by atoms with E-state index >= 15 is 0 Å². The van der Waals surface area contributed by atoms with Crippen molar-refractivity contribution in [1.29, 1.82) is 0 Å². The van der Waals surface area contributed by atoms with Crippen LogP contribution in [0.4, 0.5) is 5.82 Å². The van der Waals surface area contributed by atoms with Crippen LogP contribution in [0.2, 0.25) is 0 Å². The molecule has 0 saturated heterocycles. The predicted molar refractivity (Wildman–Crippen MR) is 99.9 cm³/mol. The molecule has 26 heavy (non-hydrogen) atoms. The molecule has 2 aromatic heterocycles. The number of anilines is 1. The molecule has 0 amide bonds. The normalized spacial score (nSPS) is 13.4. The van der Waals surface area contributed by atoms with Crippen LogP contribution in [0.15, 0.2) is 6.07 Å². The van der Waals surface area contributed by atoms with Gasteiger partial charge >= 0.3 is 5.97 Å². The van der Waals surface area contributed by atoms with Crippen molar-refractivity contribution in [3.8, 4) is 0 Å². The third kappa shape index (κ3) is 3.61. The summed E-state index contributed by atoms with van der Waals surface area (Å²) < 4.78 is 5.05. The number of rotatable bonds is 6. The molecule has 1 aliphatic rings. The third-order valence-electron chi connectivity index (χ3n) is 4.25. The van der Waals surface area contributed by atoms with Gasteiger partial charge in [0.1, 0.15) is 5.82 Å². The lowest BCUT2D eigenvalue weighted by molar-refractivity contribution is 0.0525. The standard InChI is InChI=1S/C18H22N4O3S/c1-4-25-18(24)17-21-13-5-6-22(9-15(13)26-17)16-11(2)7-12(10-23)14(20-16)8-19-3/h7,10,19H,4-6,8-9H2,1-3H3. The molecule has 3 heterocycles. The SMILES string of the molecule is CCOC(=O)c1nc2c(s1)CN(c1nc(CNC)c(C=O)cc1C)CC2. The smallest absolute Gasteiger partial charge is 0.367 e. The fourth-order valence-corrected chi connectivity index (χ4v) is 4.07. The number of fused-ring (bicyclic) bond motifs is 1. The van der Waals surface area contributed by atoms with Crippen LogP contribution >= 0.6 is 11.3 Å². The molecule has 7 nitrogen and oxygen atoms in total.